The van der Waals surface area contributed by atoms with Crippen molar-refractivity contribution in [3.8, 4) is 5.69 Å². The molecule has 2 unspecified atom stereocenters. The molecular formula is C26H32N4O2. The number of fused-ring (bicyclic) bond motifs is 1. The molecule has 0 radical (unpaired) electrons. The molecule has 2 aromatic carbocycles. The van der Waals surface area contributed by atoms with E-state index in [1.165, 1.54) is 0 Å². The summed E-state index contributed by atoms with van der Waals surface area (Å²) in [5.74, 6) is 0.965. The minimum absolute atomic E-state index is 0.0255. The van der Waals surface area contributed by atoms with Gasteiger partial charge in [0.2, 0.25) is 5.91 Å². The third-order valence-electron chi connectivity index (χ3n) is 6.51. The van der Waals surface area contributed by atoms with Crippen molar-refractivity contribution >= 4 is 16.8 Å². The Hall–Kier alpha value is -2.99. The molecule has 168 valence electrons. The van der Waals surface area contributed by atoms with Crippen LogP contribution in [0, 0.1) is 6.92 Å². The van der Waals surface area contributed by atoms with Crippen LogP contribution in [0.1, 0.15) is 51.0 Å². The normalized spacial score (nSPS) is 18.1. The van der Waals surface area contributed by atoms with E-state index in [9.17, 15) is 9.59 Å². The largest absolute Gasteiger partial charge is 0.340 e. The molecule has 6 heteroatoms. The minimum atomic E-state index is -0.0413. The van der Waals surface area contributed by atoms with Gasteiger partial charge in [-0.3, -0.25) is 19.1 Å². The lowest BCUT2D eigenvalue weighted by Crippen LogP contribution is -2.54. The molecule has 1 aliphatic heterocycles. The molecule has 0 aliphatic carbocycles. The number of rotatable bonds is 5. The van der Waals surface area contributed by atoms with Crippen molar-refractivity contribution < 1.29 is 4.79 Å². The van der Waals surface area contributed by atoms with Crippen molar-refractivity contribution in [3.63, 3.8) is 0 Å². The zero-order valence-corrected chi connectivity index (χ0v) is 19.4. The zero-order valence-electron chi connectivity index (χ0n) is 19.4. The summed E-state index contributed by atoms with van der Waals surface area (Å²) < 4.78 is 1.78. The van der Waals surface area contributed by atoms with Crippen LogP contribution in [0.3, 0.4) is 0 Å². The standard InChI is InChI=1S/C26H32N4O2/c1-5-23(29-16-15-28(17-19(29)4)24(31)6-2)25-27-22-10-8-7-9-21(22)26(32)30(25)20-13-11-18(3)12-14-20/h7-14,19,23H,5-6,15-17H2,1-4H3. The number of aromatic nitrogens is 2. The second-order valence-corrected chi connectivity index (χ2v) is 8.67. The van der Waals surface area contributed by atoms with Crippen LogP contribution in [-0.2, 0) is 4.79 Å². The molecule has 1 fully saturated rings. The van der Waals surface area contributed by atoms with E-state index in [0.29, 0.717) is 24.9 Å². The molecule has 0 spiro atoms. The summed E-state index contributed by atoms with van der Waals surface area (Å²) in [6.45, 7) is 10.4. The molecule has 1 aromatic heterocycles. The van der Waals surface area contributed by atoms with Crippen LogP contribution in [0.2, 0.25) is 0 Å². The molecule has 1 amide bonds. The van der Waals surface area contributed by atoms with E-state index in [1.807, 2.05) is 67.3 Å². The van der Waals surface area contributed by atoms with Gasteiger partial charge in [0.25, 0.3) is 5.56 Å². The van der Waals surface area contributed by atoms with E-state index < -0.39 is 0 Å². The Morgan fingerprint density at radius 1 is 1.09 bits per heavy atom. The van der Waals surface area contributed by atoms with Gasteiger partial charge in [-0.2, -0.15) is 0 Å². The van der Waals surface area contributed by atoms with Crippen LogP contribution in [0.4, 0.5) is 0 Å². The van der Waals surface area contributed by atoms with Gasteiger partial charge in [-0.15, -0.1) is 0 Å². The van der Waals surface area contributed by atoms with E-state index in [-0.39, 0.29) is 23.6 Å². The third kappa shape index (κ3) is 4.07. The third-order valence-corrected chi connectivity index (χ3v) is 6.51. The van der Waals surface area contributed by atoms with E-state index in [0.717, 1.165) is 35.6 Å². The Labute approximate surface area is 189 Å². The van der Waals surface area contributed by atoms with Gasteiger partial charge in [0, 0.05) is 32.1 Å². The predicted octanol–water partition coefficient (Wildman–Crippen LogP) is 4.09. The van der Waals surface area contributed by atoms with Crippen LogP contribution < -0.4 is 5.56 Å². The maximum absolute atomic E-state index is 13.7. The average Bonchev–Trinajstić information content (AvgIpc) is 2.81. The molecule has 6 nitrogen and oxygen atoms in total. The summed E-state index contributed by atoms with van der Waals surface area (Å²) in [5, 5.41) is 0.623. The van der Waals surface area contributed by atoms with Gasteiger partial charge in [0.15, 0.2) is 0 Å². The molecule has 2 atom stereocenters. The number of amides is 1. The number of nitrogens with zero attached hydrogens (tertiary/aromatic N) is 4. The number of benzene rings is 2. The van der Waals surface area contributed by atoms with Crippen LogP contribution in [0.15, 0.2) is 53.3 Å². The van der Waals surface area contributed by atoms with Crippen molar-refractivity contribution in [2.75, 3.05) is 19.6 Å². The Morgan fingerprint density at radius 3 is 2.47 bits per heavy atom. The minimum Gasteiger partial charge on any atom is -0.340 e. The first-order valence-corrected chi connectivity index (χ1v) is 11.6. The first-order valence-electron chi connectivity index (χ1n) is 11.6. The second kappa shape index (κ2) is 9.25. The lowest BCUT2D eigenvalue weighted by molar-refractivity contribution is -0.134. The van der Waals surface area contributed by atoms with Crippen molar-refractivity contribution in [3.05, 3.63) is 70.3 Å². The number of carbonyl (C=O) groups excluding carboxylic acids is 1. The SMILES string of the molecule is CCC(=O)N1CCN(C(CC)c2nc3ccccc3c(=O)n2-c2ccc(C)cc2)C(C)C1. The van der Waals surface area contributed by atoms with Crippen molar-refractivity contribution in [2.45, 2.75) is 52.6 Å². The fraction of sp³-hybridized carbons (Fsp3) is 0.423. The highest BCUT2D eigenvalue weighted by molar-refractivity contribution is 5.78. The maximum atomic E-state index is 13.7. The highest BCUT2D eigenvalue weighted by Crippen LogP contribution is 2.29. The van der Waals surface area contributed by atoms with E-state index >= 15 is 0 Å². The van der Waals surface area contributed by atoms with Crippen LogP contribution in [-0.4, -0.2) is 50.9 Å². The molecule has 32 heavy (non-hydrogen) atoms. The van der Waals surface area contributed by atoms with Crippen molar-refractivity contribution in [1.29, 1.82) is 0 Å². The quantitative estimate of drug-likeness (QED) is 0.609. The van der Waals surface area contributed by atoms with Gasteiger partial charge in [-0.25, -0.2) is 4.98 Å². The Balaban J connectivity index is 1.83. The molecule has 2 heterocycles. The molecule has 4 rings (SSSR count). The van der Waals surface area contributed by atoms with Crippen LogP contribution >= 0.6 is 0 Å². The monoisotopic (exact) mass is 432 g/mol. The number of hydrogen-bond donors (Lipinski definition) is 0. The first kappa shape index (κ1) is 22.2. The Bertz CT molecular complexity index is 1170. The number of piperazine rings is 1. The highest BCUT2D eigenvalue weighted by atomic mass is 16.2. The summed E-state index contributed by atoms with van der Waals surface area (Å²) in [7, 11) is 0. The van der Waals surface area contributed by atoms with Gasteiger partial charge in [-0.1, -0.05) is 43.7 Å². The number of aryl methyl sites for hydroxylation is 1. The first-order chi connectivity index (χ1) is 15.4. The highest BCUT2D eigenvalue weighted by Gasteiger charge is 2.33. The summed E-state index contributed by atoms with van der Waals surface area (Å²) >= 11 is 0. The maximum Gasteiger partial charge on any atom is 0.266 e. The van der Waals surface area contributed by atoms with Gasteiger partial charge in [0.1, 0.15) is 5.82 Å². The van der Waals surface area contributed by atoms with Gasteiger partial charge in [0.05, 0.1) is 22.6 Å². The molecule has 0 saturated carbocycles. The molecule has 0 N–H and O–H groups in total. The summed E-state index contributed by atoms with van der Waals surface area (Å²) in [6.07, 6.45) is 1.35. The van der Waals surface area contributed by atoms with Crippen molar-refractivity contribution in [1.82, 2.24) is 19.4 Å². The fourth-order valence-electron chi connectivity index (χ4n) is 4.77. The summed E-state index contributed by atoms with van der Waals surface area (Å²) in [6, 6.07) is 15.8. The Kier molecular flexibility index (Phi) is 6.42. The van der Waals surface area contributed by atoms with Crippen LogP contribution in [0.25, 0.3) is 16.6 Å². The number of carbonyl (C=O) groups is 1. The Morgan fingerprint density at radius 2 is 1.81 bits per heavy atom. The fourth-order valence-corrected chi connectivity index (χ4v) is 4.77. The van der Waals surface area contributed by atoms with E-state index in [4.69, 9.17) is 4.98 Å². The van der Waals surface area contributed by atoms with Crippen molar-refractivity contribution in [2.24, 2.45) is 0 Å². The summed E-state index contributed by atoms with van der Waals surface area (Å²) in [4.78, 5) is 35.3. The van der Waals surface area contributed by atoms with Gasteiger partial charge in [-0.05, 0) is 44.5 Å². The molecule has 1 saturated heterocycles. The topological polar surface area (TPSA) is 58.4 Å². The van der Waals surface area contributed by atoms with E-state index in [1.54, 1.807) is 4.57 Å². The van der Waals surface area contributed by atoms with E-state index in [2.05, 4.69) is 18.7 Å². The molecule has 0 bridgehead atoms. The predicted molar refractivity (Wildman–Crippen MR) is 128 cm³/mol. The lowest BCUT2D eigenvalue weighted by Gasteiger charge is -2.43. The summed E-state index contributed by atoms with van der Waals surface area (Å²) in [5.41, 5.74) is 2.66. The van der Waals surface area contributed by atoms with Gasteiger partial charge < -0.3 is 4.90 Å². The number of para-hydroxylation sites is 1. The molecule has 3 aromatic rings. The molecule has 1 aliphatic rings. The van der Waals surface area contributed by atoms with Gasteiger partial charge >= 0.3 is 0 Å². The number of hydrogen-bond acceptors (Lipinski definition) is 4. The smallest absolute Gasteiger partial charge is 0.266 e. The average molecular weight is 433 g/mol. The molecular weight excluding hydrogens is 400 g/mol. The van der Waals surface area contributed by atoms with Crippen LogP contribution in [0.5, 0.6) is 0 Å². The lowest BCUT2D eigenvalue weighted by atomic mass is 10.0. The second-order valence-electron chi connectivity index (χ2n) is 8.67. The zero-order chi connectivity index (χ0) is 22.8.